The van der Waals surface area contributed by atoms with Crippen molar-refractivity contribution in [2.45, 2.75) is 6.61 Å². The van der Waals surface area contributed by atoms with Crippen LogP contribution in [0, 0.1) is 0 Å². The maximum atomic E-state index is 5.41. The summed E-state index contributed by atoms with van der Waals surface area (Å²) in [6.07, 6.45) is 0. The van der Waals surface area contributed by atoms with Gasteiger partial charge < -0.3 is 9.05 Å². The lowest BCUT2D eigenvalue weighted by atomic mass is 10.2. The van der Waals surface area contributed by atoms with E-state index in [4.69, 9.17) is 21.4 Å². The Labute approximate surface area is 79.4 Å². The minimum Gasteiger partial charge on any atom is -0.426 e. The minimum atomic E-state index is -1.28. The predicted octanol–water partition coefficient (Wildman–Crippen LogP) is 1.97. The van der Waals surface area contributed by atoms with E-state index < -0.39 is 8.60 Å². The fraction of sp³-hybridized carbons (Fsp3) is 0.250. The van der Waals surface area contributed by atoms with E-state index in [-0.39, 0.29) is 6.51 Å². The summed E-state index contributed by atoms with van der Waals surface area (Å²) >= 11 is 0. The highest BCUT2D eigenvalue weighted by molar-refractivity contribution is 7.42. The maximum Gasteiger partial charge on any atom is 0.396 e. The van der Waals surface area contributed by atoms with Gasteiger partial charge in [0.05, 0.1) is 6.61 Å². The molecule has 0 fully saturated rings. The van der Waals surface area contributed by atoms with Crippen molar-refractivity contribution in [1.82, 2.24) is 0 Å². The van der Waals surface area contributed by atoms with E-state index in [9.17, 15) is 0 Å². The van der Waals surface area contributed by atoms with Crippen molar-refractivity contribution in [3.63, 3.8) is 0 Å². The molecule has 0 N–H and O–H groups in total. The maximum absolute atomic E-state index is 5.41. The monoisotopic (exact) mass is 194 g/mol. The summed E-state index contributed by atoms with van der Waals surface area (Å²) in [5, 5.41) is 0. The molecule has 1 unspecified atom stereocenters. The standard InChI is InChI=1S/C8H8BO3P/c9-6-11-13-10-5-7-3-1-2-4-8(7)12-13/h1-4H,5-6H2. The van der Waals surface area contributed by atoms with Crippen molar-refractivity contribution in [3.05, 3.63) is 29.8 Å². The fourth-order valence-electron chi connectivity index (χ4n) is 1.07. The number of hydrogen-bond acceptors (Lipinski definition) is 3. The zero-order valence-corrected chi connectivity index (χ0v) is 7.87. The molecule has 1 aliphatic rings. The second kappa shape index (κ2) is 4.10. The Kier molecular flexibility index (Phi) is 2.84. The normalized spacial score (nSPS) is 20.5. The Morgan fingerprint density at radius 3 is 3.15 bits per heavy atom. The summed E-state index contributed by atoms with van der Waals surface area (Å²) in [4.78, 5) is 0. The number of para-hydroxylation sites is 1. The third-order valence-corrected chi connectivity index (χ3v) is 2.70. The lowest BCUT2D eigenvalue weighted by molar-refractivity contribution is 0.200. The molecule has 0 bridgehead atoms. The van der Waals surface area contributed by atoms with Crippen molar-refractivity contribution < 1.29 is 13.6 Å². The second-order valence-electron chi connectivity index (χ2n) is 2.49. The third-order valence-electron chi connectivity index (χ3n) is 1.65. The SMILES string of the molecule is [B]COP1OCc2ccccc2O1. The molecule has 5 heteroatoms. The van der Waals surface area contributed by atoms with Crippen LogP contribution in [0.1, 0.15) is 5.56 Å². The van der Waals surface area contributed by atoms with Gasteiger partial charge in [-0.25, -0.2) is 0 Å². The first kappa shape index (κ1) is 9.01. The first-order valence-corrected chi connectivity index (χ1v) is 5.01. The van der Waals surface area contributed by atoms with Gasteiger partial charge in [-0.15, -0.1) is 0 Å². The summed E-state index contributed by atoms with van der Waals surface area (Å²) in [7, 11) is 3.93. The van der Waals surface area contributed by atoms with Crippen LogP contribution >= 0.6 is 8.60 Å². The second-order valence-corrected chi connectivity index (χ2v) is 3.64. The van der Waals surface area contributed by atoms with E-state index in [2.05, 4.69) is 0 Å². The molecule has 0 aromatic heterocycles. The highest BCUT2D eigenvalue weighted by atomic mass is 31.2. The van der Waals surface area contributed by atoms with Gasteiger partial charge in [-0.2, -0.15) is 0 Å². The van der Waals surface area contributed by atoms with E-state index in [0.29, 0.717) is 6.61 Å². The molecule has 1 atom stereocenters. The van der Waals surface area contributed by atoms with E-state index in [0.717, 1.165) is 11.3 Å². The summed E-state index contributed by atoms with van der Waals surface area (Å²) in [5.74, 6) is 0.827. The molecule has 0 saturated carbocycles. The number of hydrogen-bond donors (Lipinski definition) is 0. The van der Waals surface area contributed by atoms with E-state index >= 15 is 0 Å². The number of benzene rings is 1. The molecule has 0 aliphatic carbocycles. The lowest BCUT2D eigenvalue weighted by Crippen LogP contribution is -2.06. The first-order chi connectivity index (χ1) is 6.40. The molecular weight excluding hydrogens is 186 g/mol. The zero-order valence-electron chi connectivity index (χ0n) is 6.97. The van der Waals surface area contributed by atoms with Crippen molar-refractivity contribution in [2.24, 2.45) is 0 Å². The van der Waals surface area contributed by atoms with Crippen molar-refractivity contribution in [1.29, 1.82) is 0 Å². The smallest absolute Gasteiger partial charge is 0.396 e. The largest absolute Gasteiger partial charge is 0.426 e. The van der Waals surface area contributed by atoms with Crippen LogP contribution in [0.25, 0.3) is 0 Å². The molecule has 0 spiro atoms. The fourth-order valence-corrected chi connectivity index (χ4v) is 1.95. The highest BCUT2D eigenvalue weighted by Crippen LogP contribution is 2.46. The van der Waals surface area contributed by atoms with Crippen molar-refractivity contribution in [3.8, 4) is 5.75 Å². The average molecular weight is 194 g/mol. The van der Waals surface area contributed by atoms with Gasteiger partial charge in [-0.05, 0) is 6.07 Å². The van der Waals surface area contributed by atoms with Crippen LogP contribution in [0.5, 0.6) is 5.75 Å². The molecule has 0 saturated heterocycles. The van der Waals surface area contributed by atoms with Crippen LogP contribution < -0.4 is 4.52 Å². The summed E-state index contributed by atoms with van der Waals surface area (Å²) < 4.78 is 15.7. The minimum absolute atomic E-state index is 0.119. The summed E-state index contributed by atoms with van der Waals surface area (Å²) in [6, 6.07) is 7.72. The van der Waals surface area contributed by atoms with Gasteiger partial charge >= 0.3 is 8.60 Å². The van der Waals surface area contributed by atoms with Crippen LogP contribution in [0.15, 0.2) is 24.3 Å². The molecule has 1 heterocycles. The first-order valence-electron chi connectivity index (χ1n) is 3.92. The van der Waals surface area contributed by atoms with Crippen molar-refractivity contribution in [2.75, 3.05) is 6.51 Å². The van der Waals surface area contributed by atoms with E-state index in [1.165, 1.54) is 0 Å². The molecule has 1 aliphatic heterocycles. The topological polar surface area (TPSA) is 27.7 Å². The van der Waals surface area contributed by atoms with Gasteiger partial charge in [-0.3, -0.25) is 4.52 Å². The molecule has 3 nitrogen and oxygen atoms in total. The van der Waals surface area contributed by atoms with Crippen LogP contribution in [0.3, 0.4) is 0 Å². The summed E-state index contributed by atoms with van der Waals surface area (Å²) in [6.45, 7) is 0.649. The Morgan fingerprint density at radius 1 is 1.46 bits per heavy atom. The highest BCUT2D eigenvalue weighted by Gasteiger charge is 2.21. The summed E-state index contributed by atoms with van der Waals surface area (Å²) in [5.41, 5.74) is 1.04. The van der Waals surface area contributed by atoms with Gasteiger partial charge in [0.1, 0.15) is 13.6 Å². The quantitative estimate of drug-likeness (QED) is 0.531. The Bertz CT molecular complexity index is 294. The molecule has 13 heavy (non-hydrogen) atoms. The van der Waals surface area contributed by atoms with Crippen molar-refractivity contribution >= 4 is 16.4 Å². The lowest BCUT2D eigenvalue weighted by Gasteiger charge is -2.23. The molecule has 1 aromatic rings. The Morgan fingerprint density at radius 2 is 2.31 bits per heavy atom. The number of rotatable bonds is 2. The van der Waals surface area contributed by atoms with Crippen LogP contribution in [0.4, 0.5) is 0 Å². The third kappa shape index (κ3) is 2.02. The van der Waals surface area contributed by atoms with Crippen LogP contribution in [0.2, 0.25) is 0 Å². The zero-order chi connectivity index (χ0) is 9.10. The number of fused-ring (bicyclic) bond motifs is 1. The molecule has 2 rings (SSSR count). The van der Waals surface area contributed by atoms with Crippen LogP contribution in [-0.2, 0) is 15.7 Å². The predicted molar refractivity (Wildman–Crippen MR) is 50.5 cm³/mol. The van der Waals surface area contributed by atoms with Gasteiger partial charge in [0, 0.05) is 12.1 Å². The van der Waals surface area contributed by atoms with Gasteiger partial charge in [-0.1, -0.05) is 18.2 Å². The van der Waals surface area contributed by atoms with Gasteiger partial charge in [0.2, 0.25) is 0 Å². The average Bonchev–Trinajstić information content (AvgIpc) is 2.18. The van der Waals surface area contributed by atoms with Gasteiger partial charge in [0.15, 0.2) is 0 Å². The molecule has 1 aromatic carbocycles. The Hall–Kier alpha value is -0.565. The molecular formula is C8H8BO3P. The van der Waals surface area contributed by atoms with Gasteiger partial charge in [0.25, 0.3) is 0 Å². The molecule has 66 valence electrons. The van der Waals surface area contributed by atoms with E-state index in [1.807, 2.05) is 24.3 Å². The molecule has 2 radical (unpaired) electrons. The Balaban J connectivity index is 2.11. The van der Waals surface area contributed by atoms with Crippen LogP contribution in [-0.4, -0.2) is 14.4 Å². The molecule has 0 amide bonds. The van der Waals surface area contributed by atoms with E-state index in [1.54, 1.807) is 0 Å².